The Morgan fingerprint density at radius 2 is 1.78 bits per heavy atom. The van der Waals surface area contributed by atoms with Crippen molar-refractivity contribution >= 4 is 17.3 Å². The quantitative estimate of drug-likeness (QED) is 0.809. The van der Waals surface area contributed by atoms with E-state index in [0.717, 1.165) is 23.5 Å². The van der Waals surface area contributed by atoms with Crippen LogP contribution in [-0.2, 0) is 11.2 Å². The second-order valence-corrected chi connectivity index (χ2v) is 5.33. The summed E-state index contributed by atoms with van der Waals surface area (Å²) >= 11 is 0. The van der Waals surface area contributed by atoms with Crippen molar-refractivity contribution in [2.75, 3.05) is 17.2 Å². The van der Waals surface area contributed by atoms with Crippen molar-refractivity contribution in [2.24, 2.45) is 0 Å². The lowest BCUT2D eigenvalue weighted by molar-refractivity contribution is -0.116. The molecule has 0 fully saturated rings. The van der Waals surface area contributed by atoms with E-state index in [9.17, 15) is 4.79 Å². The van der Waals surface area contributed by atoms with Crippen LogP contribution in [0.15, 0.2) is 48.5 Å². The summed E-state index contributed by atoms with van der Waals surface area (Å²) in [5, 5.41) is 6.12. The van der Waals surface area contributed by atoms with Gasteiger partial charge in [0.15, 0.2) is 0 Å². The van der Waals surface area contributed by atoms with E-state index in [1.54, 1.807) is 0 Å². The highest BCUT2D eigenvalue weighted by Crippen LogP contribution is 2.24. The highest BCUT2D eigenvalue weighted by molar-refractivity contribution is 5.96. The van der Waals surface area contributed by atoms with Gasteiger partial charge in [0.1, 0.15) is 11.8 Å². The summed E-state index contributed by atoms with van der Waals surface area (Å²) in [7, 11) is 0. The second-order valence-electron chi connectivity index (χ2n) is 5.33. The van der Waals surface area contributed by atoms with Crippen molar-refractivity contribution in [3.05, 3.63) is 54.1 Å². The van der Waals surface area contributed by atoms with Gasteiger partial charge in [-0.05, 0) is 50.1 Å². The predicted octanol–water partition coefficient (Wildman–Crippen LogP) is 4.09. The Morgan fingerprint density at radius 3 is 2.43 bits per heavy atom. The van der Waals surface area contributed by atoms with Gasteiger partial charge < -0.3 is 15.4 Å². The average molecular weight is 312 g/mol. The molecule has 2 N–H and O–H groups in total. The Morgan fingerprint density at radius 1 is 1.09 bits per heavy atom. The van der Waals surface area contributed by atoms with E-state index < -0.39 is 0 Å². The number of nitrogens with one attached hydrogen (secondary N) is 2. The SMILES string of the molecule is CCOc1ccccc1NC(C)C(=O)Nc1ccc(CC)cc1. The third-order valence-electron chi connectivity index (χ3n) is 3.58. The first kappa shape index (κ1) is 16.9. The van der Waals surface area contributed by atoms with Gasteiger partial charge in [0, 0.05) is 5.69 Å². The summed E-state index contributed by atoms with van der Waals surface area (Å²) in [5.41, 5.74) is 2.87. The fraction of sp³-hybridized carbons (Fsp3) is 0.316. The number of hydrogen-bond donors (Lipinski definition) is 2. The Kier molecular flexibility index (Phi) is 6.03. The maximum atomic E-state index is 12.3. The number of ether oxygens (including phenoxy) is 1. The number of aryl methyl sites for hydroxylation is 1. The second kappa shape index (κ2) is 8.22. The molecule has 4 heteroatoms. The van der Waals surface area contributed by atoms with Crippen molar-refractivity contribution < 1.29 is 9.53 Å². The molecule has 122 valence electrons. The fourth-order valence-electron chi connectivity index (χ4n) is 2.24. The van der Waals surface area contributed by atoms with Gasteiger partial charge in [0.25, 0.3) is 0 Å². The van der Waals surface area contributed by atoms with Gasteiger partial charge in [-0.3, -0.25) is 4.79 Å². The largest absolute Gasteiger partial charge is 0.492 e. The Hall–Kier alpha value is -2.49. The molecule has 1 amide bonds. The van der Waals surface area contributed by atoms with Gasteiger partial charge >= 0.3 is 0 Å². The first-order chi connectivity index (χ1) is 11.1. The smallest absolute Gasteiger partial charge is 0.246 e. The van der Waals surface area contributed by atoms with E-state index in [-0.39, 0.29) is 11.9 Å². The first-order valence-electron chi connectivity index (χ1n) is 8.02. The van der Waals surface area contributed by atoms with Gasteiger partial charge in [-0.25, -0.2) is 0 Å². The standard InChI is InChI=1S/C19H24N2O2/c1-4-15-10-12-16(13-11-15)21-19(22)14(3)20-17-8-6-7-9-18(17)23-5-2/h6-14,20H,4-5H2,1-3H3,(H,21,22). The number of para-hydroxylation sites is 2. The van der Waals surface area contributed by atoms with Crippen LogP contribution in [0, 0.1) is 0 Å². The normalized spacial score (nSPS) is 11.6. The van der Waals surface area contributed by atoms with Gasteiger partial charge in [0.2, 0.25) is 5.91 Å². The maximum absolute atomic E-state index is 12.3. The molecule has 0 aromatic heterocycles. The molecular weight excluding hydrogens is 288 g/mol. The van der Waals surface area contributed by atoms with Gasteiger partial charge in [-0.2, -0.15) is 0 Å². The molecule has 0 saturated heterocycles. The molecule has 0 bridgehead atoms. The van der Waals surface area contributed by atoms with Crippen LogP contribution in [0.2, 0.25) is 0 Å². The Balaban J connectivity index is 1.99. The zero-order chi connectivity index (χ0) is 16.7. The number of hydrogen-bond acceptors (Lipinski definition) is 3. The molecule has 2 aromatic rings. The van der Waals surface area contributed by atoms with Crippen LogP contribution in [0.1, 0.15) is 26.3 Å². The van der Waals surface area contributed by atoms with Crippen LogP contribution >= 0.6 is 0 Å². The van der Waals surface area contributed by atoms with Gasteiger partial charge in [0.05, 0.1) is 12.3 Å². The van der Waals surface area contributed by atoms with Crippen molar-refractivity contribution in [3.8, 4) is 5.75 Å². The lowest BCUT2D eigenvalue weighted by atomic mass is 10.1. The highest BCUT2D eigenvalue weighted by atomic mass is 16.5. The van der Waals surface area contributed by atoms with Crippen LogP contribution in [0.3, 0.4) is 0 Å². The average Bonchev–Trinajstić information content (AvgIpc) is 2.57. The topological polar surface area (TPSA) is 50.4 Å². The monoisotopic (exact) mass is 312 g/mol. The van der Waals surface area contributed by atoms with Gasteiger partial charge in [-0.1, -0.05) is 31.2 Å². The zero-order valence-corrected chi connectivity index (χ0v) is 13.9. The first-order valence-corrected chi connectivity index (χ1v) is 8.02. The fourth-order valence-corrected chi connectivity index (χ4v) is 2.24. The number of carbonyl (C=O) groups excluding carboxylic acids is 1. The number of carbonyl (C=O) groups is 1. The van der Waals surface area contributed by atoms with Crippen molar-refractivity contribution in [3.63, 3.8) is 0 Å². The number of rotatable bonds is 7. The molecular formula is C19H24N2O2. The molecule has 1 atom stereocenters. The molecule has 0 aliphatic carbocycles. The summed E-state index contributed by atoms with van der Waals surface area (Å²) in [6.07, 6.45) is 0.987. The van der Waals surface area contributed by atoms with E-state index in [1.807, 2.05) is 62.4 Å². The minimum Gasteiger partial charge on any atom is -0.492 e. The summed E-state index contributed by atoms with van der Waals surface area (Å²) in [5.74, 6) is 0.669. The summed E-state index contributed by atoms with van der Waals surface area (Å²) < 4.78 is 5.57. The molecule has 0 spiro atoms. The summed E-state index contributed by atoms with van der Waals surface area (Å²) in [6, 6.07) is 15.2. The van der Waals surface area contributed by atoms with E-state index in [2.05, 4.69) is 17.6 Å². The van der Waals surface area contributed by atoms with Crippen LogP contribution < -0.4 is 15.4 Å². The van der Waals surface area contributed by atoms with Gasteiger partial charge in [-0.15, -0.1) is 0 Å². The third-order valence-corrected chi connectivity index (χ3v) is 3.58. The number of amides is 1. The lowest BCUT2D eigenvalue weighted by Gasteiger charge is -2.18. The minimum atomic E-state index is -0.373. The molecule has 2 rings (SSSR count). The molecule has 0 saturated carbocycles. The van der Waals surface area contributed by atoms with Crippen molar-refractivity contribution in [2.45, 2.75) is 33.2 Å². The summed E-state index contributed by atoms with van der Waals surface area (Å²) in [6.45, 7) is 6.46. The predicted molar refractivity (Wildman–Crippen MR) is 95.1 cm³/mol. The molecule has 23 heavy (non-hydrogen) atoms. The van der Waals surface area contributed by atoms with E-state index in [1.165, 1.54) is 5.56 Å². The number of benzene rings is 2. The highest BCUT2D eigenvalue weighted by Gasteiger charge is 2.14. The molecule has 2 aromatic carbocycles. The van der Waals surface area contributed by atoms with Crippen molar-refractivity contribution in [1.82, 2.24) is 0 Å². The van der Waals surface area contributed by atoms with Crippen LogP contribution in [0.4, 0.5) is 11.4 Å². The Bertz CT molecular complexity index is 638. The van der Waals surface area contributed by atoms with Crippen LogP contribution in [-0.4, -0.2) is 18.6 Å². The minimum absolute atomic E-state index is 0.0828. The molecule has 0 aliphatic heterocycles. The number of anilines is 2. The van der Waals surface area contributed by atoms with E-state index >= 15 is 0 Å². The molecule has 0 aliphatic rings. The molecule has 4 nitrogen and oxygen atoms in total. The maximum Gasteiger partial charge on any atom is 0.246 e. The Labute approximate surface area is 137 Å². The lowest BCUT2D eigenvalue weighted by Crippen LogP contribution is -2.32. The van der Waals surface area contributed by atoms with Crippen LogP contribution in [0.25, 0.3) is 0 Å². The van der Waals surface area contributed by atoms with Crippen molar-refractivity contribution in [1.29, 1.82) is 0 Å². The van der Waals surface area contributed by atoms with E-state index in [4.69, 9.17) is 4.74 Å². The molecule has 0 heterocycles. The van der Waals surface area contributed by atoms with E-state index in [0.29, 0.717) is 6.61 Å². The zero-order valence-electron chi connectivity index (χ0n) is 13.9. The summed E-state index contributed by atoms with van der Waals surface area (Å²) in [4.78, 5) is 12.3. The van der Waals surface area contributed by atoms with Crippen LogP contribution in [0.5, 0.6) is 5.75 Å². The third kappa shape index (κ3) is 4.74. The molecule has 0 radical (unpaired) electrons. The molecule has 1 unspecified atom stereocenters.